The number of hydrogen-bond acceptors (Lipinski definition) is 4. The molecule has 2 aromatic rings. The summed E-state index contributed by atoms with van der Waals surface area (Å²) in [4.78, 5) is 12.5. The van der Waals surface area contributed by atoms with Crippen LogP contribution in [0.4, 0.5) is 0 Å². The highest BCUT2D eigenvalue weighted by Crippen LogP contribution is 2.34. The van der Waals surface area contributed by atoms with Crippen LogP contribution in [0.2, 0.25) is 0 Å². The van der Waals surface area contributed by atoms with E-state index >= 15 is 0 Å². The van der Waals surface area contributed by atoms with Gasteiger partial charge in [0.15, 0.2) is 6.29 Å². The largest absolute Gasteiger partial charge is 0.296 e. The van der Waals surface area contributed by atoms with Gasteiger partial charge in [-0.25, -0.2) is 4.68 Å². The van der Waals surface area contributed by atoms with Crippen LogP contribution >= 0.6 is 11.8 Å². The van der Waals surface area contributed by atoms with Crippen molar-refractivity contribution >= 4 is 18.0 Å². The molecule has 0 unspecified atom stereocenters. The fraction of sp³-hybridized carbons (Fsp3) is 0.438. The van der Waals surface area contributed by atoms with E-state index in [4.69, 9.17) is 0 Å². The second-order valence-electron chi connectivity index (χ2n) is 5.43. The highest BCUT2D eigenvalue weighted by atomic mass is 32.2. The SMILES string of the molecule is CSc1cccc(-n2nnc(C=O)c2C2CCCCC2)c1. The summed E-state index contributed by atoms with van der Waals surface area (Å²) < 4.78 is 1.86. The van der Waals surface area contributed by atoms with Crippen LogP contribution in [-0.2, 0) is 0 Å². The van der Waals surface area contributed by atoms with Gasteiger partial charge in [-0.15, -0.1) is 16.9 Å². The van der Waals surface area contributed by atoms with Gasteiger partial charge in [0.1, 0.15) is 5.69 Å². The maximum absolute atomic E-state index is 11.3. The molecule has 1 fully saturated rings. The molecule has 0 N–H and O–H groups in total. The fourth-order valence-corrected chi connectivity index (χ4v) is 3.53. The Bertz CT molecular complexity index is 632. The Kier molecular flexibility index (Phi) is 4.39. The molecular formula is C16H19N3OS. The summed E-state index contributed by atoms with van der Waals surface area (Å²) in [7, 11) is 0. The van der Waals surface area contributed by atoms with E-state index in [9.17, 15) is 4.79 Å². The third-order valence-corrected chi connectivity index (χ3v) is 4.86. The van der Waals surface area contributed by atoms with E-state index in [-0.39, 0.29) is 0 Å². The number of benzene rings is 1. The van der Waals surface area contributed by atoms with Crippen LogP contribution in [0.5, 0.6) is 0 Å². The van der Waals surface area contributed by atoms with Gasteiger partial charge >= 0.3 is 0 Å². The lowest BCUT2D eigenvalue weighted by molar-refractivity contribution is 0.111. The average molecular weight is 301 g/mol. The number of hydrogen-bond donors (Lipinski definition) is 0. The average Bonchev–Trinajstić information content (AvgIpc) is 2.99. The Balaban J connectivity index is 2.05. The minimum atomic E-state index is 0.395. The summed E-state index contributed by atoms with van der Waals surface area (Å²) >= 11 is 1.70. The predicted molar refractivity (Wildman–Crippen MR) is 84.4 cm³/mol. The molecule has 21 heavy (non-hydrogen) atoms. The molecule has 0 aliphatic heterocycles. The lowest BCUT2D eigenvalue weighted by Gasteiger charge is -2.22. The molecule has 0 bridgehead atoms. The standard InChI is InChI=1S/C16H19N3OS/c1-21-14-9-5-8-13(10-14)19-16(15(11-20)17-18-19)12-6-3-2-4-7-12/h5,8-12H,2-4,6-7H2,1H3. The number of nitrogens with zero attached hydrogens (tertiary/aromatic N) is 3. The number of carbonyl (C=O) groups excluding carboxylic acids is 1. The molecular weight excluding hydrogens is 282 g/mol. The predicted octanol–water partition coefficient (Wildman–Crippen LogP) is 3.85. The van der Waals surface area contributed by atoms with Crippen molar-refractivity contribution < 1.29 is 4.79 Å². The molecule has 1 heterocycles. The van der Waals surface area contributed by atoms with E-state index in [2.05, 4.69) is 28.7 Å². The fourth-order valence-electron chi connectivity index (χ4n) is 3.08. The van der Waals surface area contributed by atoms with Gasteiger partial charge in [0, 0.05) is 10.8 Å². The molecule has 0 atom stereocenters. The maximum Gasteiger partial charge on any atom is 0.172 e. The van der Waals surface area contributed by atoms with Crippen molar-refractivity contribution in [3.8, 4) is 5.69 Å². The number of aromatic nitrogens is 3. The van der Waals surface area contributed by atoms with Crippen molar-refractivity contribution in [2.24, 2.45) is 0 Å². The monoisotopic (exact) mass is 301 g/mol. The minimum Gasteiger partial charge on any atom is -0.296 e. The van der Waals surface area contributed by atoms with Crippen molar-refractivity contribution in [2.45, 2.75) is 42.9 Å². The molecule has 5 heteroatoms. The van der Waals surface area contributed by atoms with Gasteiger partial charge in [0.25, 0.3) is 0 Å². The van der Waals surface area contributed by atoms with Gasteiger partial charge in [-0.1, -0.05) is 30.5 Å². The summed E-state index contributed by atoms with van der Waals surface area (Å²) in [5, 5.41) is 8.31. The number of aldehydes is 1. The van der Waals surface area contributed by atoms with Crippen molar-refractivity contribution in [2.75, 3.05) is 6.26 Å². The molecule has 1 aromatic heterocycles. The Hall–Kier alpha value is -1.62. The van der Waals surface area contributed by atoms with Crippen LogP contribution in [0.1, 0.15) is 54.2 Å². The first kappa shape index (κ1) is 14.3. The molecule has 0 saturated heterocycles. The Morgan fingerprint density at radius 2 is 2.10 bits per heavy atom. The third kappa shape index (κ3) is 2.88. The Morgan fingerprint density at radius 3 is 2.81 bits per heavy atom. The van der Waals surface area contributed by atoms with Crippen LogP contribution in [0.3, 0.4) is 0 Å². The second-order valence-corrected chi connectivity index (χ2v) is 6.31. The van der Waals surface area contributed by atoms with E-state index in [0.29, 0.717) is 11.6 Å². The minimum absolute atomic E-state index is 0.395. The smallest absolute Gasteiger partial charge is 0.172 e. The first-order valence-electron chi connectivity index (χ1n) is 7.38. The third-order valence-electron chi connectivity index (χ3n) is 4.13. The van der Waals surface area contributed by atoms with Crippen molar-refractivity contribution in [1.82, 2.24) is 15.0 Å². The van der Waals surface area contributed by atoms with Crippen LogP contribution in [0.25, 0.3) is 5.69 Å². The van der Waals surface area contributed by atoms with Crippen LogP contribution in [0.15, 0.2) is 29.2 Å². The molecule has 1 aliphatic carbocycles. The van der Waals surface area contributed by atoms with Crippen LogP contribution in [-0.4, -0.2) is 27.5 Å². The quantitative estimate of drug-likeness (QED) is 0.635. The highest BCUT2D eigenvalue weighted by Gasteiger charge is 2.25. The normalized spacial score (nSPS) is 16.0. The van der Waals surface area contributed by atoms with Gasteiger partial charge in [-0.2, -0.15) is 0 Å². The molecule has 1 aliphatic rings. The zero-order valence-electron chi connectivity index (χ0n) is 12.2. The zero-order chi connectivity index (χ0) is 14.7. The molecule has 3 rings (SSSR count). The Labute approximate surface area is 128 Å². The topological polar surface area (TPSA) is 47.8 Å². The molecule has 110 valence electrons. The molecule has 1 saturated carbocycles. The van der Waals surface area contributed by atoms with Gasteiger partial charge < -0.3 is 0 Å². The molecule has 0 amide bonds. The van der Waals surface area contributed by atoms with Crippen LogP contribution < -0.4 is 0 Å². The molecule has 0 spiro atoms. The van der Waals surface area contributed by atoms with Gasteiger partial charge in [0.05, 0.1) is 11.4 Å². The zero-order valence-corrected chi connectivity index (χ0v) is 13.0. The number of thioether (sulfide) groups is 1. The van der Waals surface area contributed by atoms with E-state index in [1.807, 2.05) is 16.8 Å². The van der Waals surface area contributed by atoms with E-state index < -0.39 is 0 Å². The van der Waals surface area contributed by atoms with Gasteiger partial charge in [-0.3, -0.25) is 4.79 Å². The van der Waals surface area contributed by atoms with Gasteiger partial charge in [-0.05, 0) is 37.3 Å². The lowest BCUT2D eigenvalue weighted by atomic mass is 9.86. The molecule has 1 aromatic carbocycles. The van der Waals surface area contributed by atoms with Crippen molar-refractivity contribution in [1.29, 1.82) is 0 Å². The van der Waals surface area contributed by atoms with Gasteiger partial charge in [0.2, 0.25) is 0 Å². The maximum atomic E-state index is 11.3. The highest BCUT2D eigenvalue weighted by molar-refractivity contribution is 7.98. The summed E-state index contributed by atoms with van der Waals surface area (Å²) in [6.45, 7) is 0. The molecule has 4 nitrogen and oxygen atoms in total. The summed E-state index contributed by atoms with van der Waals surface area (Å²) in [5.74, 6) is 0.395. The lowest BCUT2D eigenvalue weighted by Crippen LogP contribution is -2.12. The van der Waals surface area contributed by atoms with E-state index in [1.54, 1.807) is 11.8 Å². The first-order valence-corrected chi connectivity index (χ1v) is 8.61. The number of carbonyl (C=O) groups is 1. The molecule has 0 radical (unpaired) electrons. The van der Waals surface area contributed by atoms with E-state index in [0.717, 1.165) is 30.5 Å². The Morgan fingerprint density at radius 1 is 1.29 bits per heavy atom. The number of rotatable bonds is 4. The summed E-state index contributed by atoms with van der Waals surface area (Å²) in [6, 6.07) is 8.22. The van der Waals surface area contributed by atoms with Crippen molar-refractivity contribution in [3.05, 3.63) is 35.7 Å². The van der Waals surface area contributed by atoms with E-state index in [1.165, 1.54) is 24.2 Å². The first-order chi connectivity index (χ1) is 10.3. The van der Waals surface area contributed by atoms with Crippen molar-refractivity contribution in [3.63, 3.8) is 0 Å². The summed E-state index contributed by atoms with van der Waals surface area (Å²) in [6.07, 6.45) is 8.87. The second kappa shape index (κ2) is 6.43. The summed E-state index contributed by atoms with van der Waals surface area (Å²) in [5.41, 5.74) is 2.47. The van der Waals surface area contributed by atoms with Crippen LogP contribution in [0, 0.1) is 0 Å².